The van der Waals surface area contributed by atoms with Crippen LogP contribution in [0, 0.1) is 12.8 Å². The van der Waals surface area contributed by atoms with Crippen LogP contribution in [-0.2, 0) is 11.3 Å². The highest BCUT2D eigenvalue weighted by atomic mass is 32.1. The Morgan fingerprint density at radius 1 is 1.36 bits per heavy atom. The van der Waals surface area contributed by atoms with Crippen molar-refractivity contribution in [2.24, 2.45) is 5.92 Å². The number of amides is 1. The normalized spacial score (nSPS) is 16.6. The van der Waals surface area contributed by atoms with Crippen LogP contribution in [0.1, 0.15) is 23.5 Å². The lowest BCUT2D eigenvalue weighted by atomic mass is 9.96. The number of thiazole rings is 1. The first-order valence-electron chi connectivity index (χ1n) is 7.42. The van der Waals surface area contributed by atoms with E-state index >= 15 is 0 Å². The maximum Gasteiger partial charge on any atom is 0.229 e. The van der Waals surface area contributed by atoms with Gasteiger partial charge in [0, 0.05) is 30.2 Å². The van der Waals surface area contributed by atoms with Crippen LogP contribution in [-0.4, -0.2) is 38.8 Å². The van der Waals surface area contributed by atoms with Gasteiger partial charge in [0.2, 0.25) is 11.9 Å². The van der Waals surface area contributed by atoms with Crippen molar-refractivity contribution in [1.29, 1.82) is 0 Å². The SMILES string of the molecule is Cc1nc(CN2CCC(C(=O)Nc3ncccn3)CC2)cs1. The molecule has 2 aromatic rings. The number of nitrogens with zero attached hydrogens (tertiary/aromatic N) is 4. The number of piperidine rings is 1. The third kappa shape index (κ3) is 3.86. The standard InChI is InChI=1S/C15H19N5OS/c1-11-18-13(10-22-11)9-20-7-3-12(4-8-20)14(21)19-15-16-5-2-6-17-15/h2,5-6,10,12H,3-4,7-9H2,1H3,(H,16,17,19,21). The highest BCUT2D eigenvalue weighted by Gasteiger charge is 2.25. The van der Waals surface area contributed by atoms with Gasteiger partial charge >= 0.3 is 0 Å². The summed E-state index contributed by atoms with van der Waals surface area (Å²) >= 11 is 1.68. The summed E-state index contributed by atoms with van der Waals surface area (Å²) in [5.41, 5.74) is 1.13. The minimum absolute atomic E-state index is 0.0235. The van der Waals surface area contributed by atoms with Crippen molar-refractivity contribution in [1.82, 2.24) is 19.9 Å². The Morgan fingerprint density at radius 3 is 2.73 bits per heavy atom. The van der Waals surface area contributed by atoms with E-state index in [1.165, 1.54) is 0 Å². The lowest BCUT2D eigenvalue weighted by molar-refractivity contribution is -0.121. The number of aromatic nitrogens is 3. The van der Waals surface area contributed by atoms with Gasteiger partial charge in [-0.05, 0) is 38.9 Å². The molecule has 0 aromatic carbocycles. The van der Waals surface area contributed by atoms with Crippen LogP contribution in [0.2, 0.25) is 0 Å². The van der Waals surface area contributed by atoms with E-state index in [4.69, 9.17) is 0 Å². The molecule has 22 heavy (non-hydrogen) atoms. The first-order valence-corrected chi connectivity index (χ1v) is 8.30. The van der Waals surface area contributed by atoms with Crippen LogP contribution in [0.25, 0.3) is 0 Å². The number of hydrogen-bond acceptors (Lipinski definition) is 6. The van der Waals surface area contributed by atoms with Crippen LogP contribution >= 0.6 is 11.3 Å². The van der Waals surface area contributed by atoms with E-state index in [1.54, 1.807) is 29.8 Å². The van der Waals surface area contributed by atoms with Crippen molar-refractivity contribution in [3.05, 3.63) is 34.5 Å². The van der Waals surface area contributed by atoms with Gasteiger partial charge in [-0.15, -0.1) is 11.3 Å². The minimum Gasteiger partial charge on any atom is -0.297 e. The molecule has 1 aliphatic rings. The van der Waals surface area contributed by atoms with E-state index in [2.05, 4.69) is 30.5 Å². The van der Waals surface area contributed by atoms with Crippen molar-refractivity contribution >= 4 is 23.2 Å². The molecular formula is C15H19N5OS. The molecule has 3 rings (SSSR count). The first kappa shape index (κ1) is 15.1. The number of anilines is 1. The Bertz CT molecular complexity index is 622. The molecule has 0 bridgehead atoms. The van der Waals surface area contributed by atoms with E-state index in [0.29, 0.717) is 5.95 Å². The Balaban J connectivity index is 1.48. The average molecular weight is 317 g/mol. The molecule has 0 atom stereocenters. The lowest BCUT2D eigenvalue weighted by Gasteiger charge is -2.30. The second-order valence-electron chi connectivity index (χ2n) is 5.47. The summed E-state index contributed by atoms with van der Waals surface area (Å²) in [5.74, 6) is 0.445. The number of carbonyl (C=O) groups is 1. The highest BCUT2D eigenvalue weighted by Crippen LogP contribution is 2.20. The summed E-state index contributed by atoms with van der Waals surface area (Å²) in [6, 6.07) is 1.73. The monoisotopic (exact) mass is 317 g/mol. The summed E-state index contributed by atoms with van der Waals surface area (Å²) in [7, 11) is 0. The second-order valence-corrected chi connectivity index (χ2v) is 6.53. The van der Waals surface area contributed by atoms with Crippen molar-refractivity contribution in [2.75, 3.05) is 18.4 Å². The number of aryl methyl sites for hydroxylation is 1. The minimum atomic E-state index is 0.0235. The van der Waals surface area contributed by atoms with Gasteiger partial charge in [-0.3, -0.25) is 15.0 Å². The Hall–Kier alpha value is -1.86. The van der Waals surface area contributed by atoms with Gasteiger partial charge < -0.3 is 0 Å². The smallest absolute Gasteiger partial charge is 0.229 e. The largest absolute Gasteiger partial charge is 0.297 e. The molecule has 0 saturated carbocycles. The molecule has 2 aromatic heterocycles. The summed E-state index contributed by atoms with van der Waals surface area (Å²) in [6.07, 6.45) is 4.98. The molecular weight excluding hydrogens is 298 g/mol. The molecule has 6 nitrogen and oxygen atoms in total. The molecule has 0 unspecified atom stereocenters. The molecule has 1 amide bonds. The lowest BCUT2D eigenvalue weighted by Crippen LogP contribution is -2.38. The van der Waals surface area contributed by atoms with Gasteiger partial charge in [-0.25, -0.2) is 15.0 Å². The number of rotatable bonds is 4. The van der Waals surface area contributed by atoms with Gasteiger partial charge in [0.15, 0.2) is 0 Å². The van der Waals surface area contributed by atoms with Crippen LogP contribution in [0.5, 0.6) is 0 Å². The highest BCUT2D eigenvalue weighted by molar-refractivity contribution is 7.09. The summed E-state index contributed by atoms with van der Waals surface area (Å²) in [5, 5.41) is 6.00. The summed E-state index contributed by atoms with van der Waals surface area (Å²) < 4.78 is 0. The topological polar surface area (TPSA) is 71.0 Å². The molecule has 1 N–H and O–H groups in total. The fourth-order valence-corrected chi connectivity index (χ4v) is 3.24. The fourth-order valence-electron chi connectivity index (χ4n) is 2.64. The quantitative estimate of drug-likeness (QED) is 0.935. The fraction of sp³-hybridized carbons (Fsp3) is 0.467. The Morgan fingerprint density at radius 2 is 2.09 bits per heavy atom. The molecule has 0 radical (unpaired) electrons. The molecule has 0 spiro atoms. The van der Waals surface area contributed by atoms with Gasteiger partial charge in [0.25, 0.3) is 0 Å². The molecule has 116 valence electrons. The predicted octanol–water partition coefficient (Wildman–Crippen LogP) is 2.09. The van der Waals surface area contributed by atoms with Crippen LogP contribution in [0.4, 0.5) is 5.95 Å². The van der Waals surface area contributed by atoms with Crippen molar-refractivity contribution in [2.45, 2.75) is 26.3 Å². The van der Waals surface area contributed by atoms with Crippen LogP contribution < -0.4 is 5.32 Å². The number of hydrogen-bond donors (Lipinski definition) is 1. The number of likely N-dealkylation sites (tertiary alicyclic amines) is 1. The summed E-state index contributed by atoms with van der Waals surface area (Å²) in [6.45, 7) is 4.74. The Labute approximate surface area is 133 Å². The van der Waals surface area contributed by atoms with E-state index in [9.17, 15) is 4.79 Å². The molecule has 7 heteroatoms. The van der Waals surface area contributed by atoms with E-state index in [-0.39, 0.29) is 11.8 Å². The zero-order valence-electron chi connectivity index (χ0n) is 12.5. The summed E-state index contributed by atoms with van der Waals surface area (Å²) in [4.78, 5) is 27.1. The van der Waals surface area contributed by atoms with Crippen molar-refractivity contribution in [3.8, 4) is 0 Å². The zero-order chi connectivity index (χ0) is 15.4. The number of carbonyl (C=O) groups excluding carboxylic acids is 1. The number of nitrogens with one attached hydrogen (secondary N) is 1. The molecule has 1 aliphatic heterocycles. The first-order chi connectivity index (χ1) is 10.7. The van der Waals surface area contributed by atoms with Crippen molar-refractivity contribution < 1.29 is 4.79 Å². The predicted molar refractivity (Wildman–Crippen MR) is 85.5 cm³/mol. The average Bonchev–Trinajstić information content (AvgIpc) is 2.94. The maximum atomic E-state index is 12.2. The van der Waals surface area contributed by atoms with E-state index < -0.39 is 0 Å². The van der Waals surface area contributed by atoms with Crippen LogP contribution in [0.3, 0.4) is 0 Å². The third-order valence-electron chi connectivity index (χ3n) is 3.81. The van der Waals surface area contributed by atoms with Crippen LogP contribution in [0.15, 0.2) is 23.8 Å². The van der Waals surface area contributed by atoms with Gasteiger partial charge in [0.05, 0.1) is 10.7 Å². The van der Waals surface area contributed by atoms with Gasteiger partial charge in [0.1, 0.15) is 0 Å². The molecule has 3 heterocycles. The zero-order valence-corrected chi connectivity index (χ0v) is 13.3. The van der Waals surface area contributed by atoms with Gasteiger partial charge in [-0.2, -0.15) is 0 Å². The van der Waals surface area contributed by atoms with E-state index in [0.717, 1.165) is 43.2 Å². The molecule has 1 saturated heterocycles. The maximum absolute atomic E-state index is 12.2. The Kier molecular flexibility index (Phi) is 4.74. The van der Waals surface area contributed by atoms with Gasteiger partial charge in [-0.1, -0.05) is 0 Å². The van der Waals surface area contributed by atoms with Crippen molar-refractivity contribution in [3.63, 3.8) is 0 Å². The molecule has 0 aliphatic carbocycles. The molecule has 1 fully saturated rings. The van der Waals surface area contributed by atoms with E-state index in [1.807, 2.05) is 6.92 Å². The second kappa shape index (κ2) is 6.93. The third-order valence-corrected chi connectivity index (χ3v) is 4.63.